The van der Waals surface area contributed by atoms with Gasteiger partial charge in [-0.3, -0.25) is 0 Å². The van der Waals surface area contributed by atoms with Crippen LogP contribution in [-0.2, 0) is 13.0 Å². The molecule has 2 fully saturated rings. The molecule has 0 bridgehead atoms. The molecular formula is C29H38O2. The Morgan fingerprint density at radius 1 is 1.00 bits per heavy atom. The Hall–Kier alpha value is -1.80. The number of rotatable bonds is 3. The van der Waals surface area contributed by atoms with E-state index in [-0.39, 0.29) is 10.8 Å². The zero-order valence-corrected chi connectivity index (χ0v) is 19.7. The highest BCUT2D eigenvalue weighted by Crippen LogP contribution is 2.67. The molecule has 0 saturated heterocycles. The van der Waals surface area contributed by atoms with Crippen LogP contribution in [-0.4, -0.2) is 10.7 Å². The highest BCUT2D eigenvalue weighted by Gasteiger charge is 2.64. The summed E-state index contributed by atoms with van der Waals surface area (Å²) >= 11 is 0. The van der Waals surface area contributed by atoms with Gasteiger partial charge in [-0.15, -0.1) is 0 Å². The van der Waals surface area contributed by atoms with Crippen molar-refractivity contribution >= 4 is 0 Å². The van der Waals surface area contributed by atoms with Crippen LogP contribution in [0.1, 0.15) is 82.4 Å². The van der Waals surface area contributed by atoms with E-state index in [4.69, 9.17) is 4.74 Å². The van der Waals surface area contributed by atoms with Gasteiger partial charge in [0, 0.05) is 0 Å². The number of aryl methyl sites for hydroxylation is 1. The summed E-state index contributed by atoms with van der Waals surface area (Å²) in [6.45, 7) is 9.74. The molecule has 2 heteroatoms. The van der Waals surface area contributed by atoms with Gasteiger partial charge in [-0.1, -0.05) is 64.1 Å². The van der Waals surface area contributed by atoms with Crippen molar-refractivity contribution in [2.24, 2.45) is 22.7 Å². The molecule has 0 spiro atoms. The molecule has 0 aromatic heterocycles. The van der Waals surface area contributed by atoms with Gasteiger partial charge in [0.25, 0.3) is 0 Å². The first kappa shape index (κ1) is 21.1. The zero-order valence-electron chi connectivity index (χ0n) is 19.7. The van der Waals surface area contributed by atoms with Crippen molar-refractivity contribution in [1.29, 1.82) is 0 Å². The molecule has 31 heavy (non-hydrogen) atoms. The lowest BCUT2D eigenvalue weighted by Gasteiger charge is -2.56. The Kier molecular flexibility index (Phi) is 5.01. The molecule has 2 aromatic rings. The molecule has 0 heterocycles. The third-order valence-electron chi connectivity index (χ3n) is 9.34. The van der Waals surface area contributed by atoms with Gasteiger partial charge >= 0.3 is 0 Å². The molecular weight excluding hydrogens is 380 g/mol. The Labute approximate surface area is 188 Å². The summed E-state index contributed by atoms with van der Waals surface area (Å²) in [5, 5.41) is 11.8. The predicted octanol–water partition coefficient (Wildman–Crippen LogP) is 6.90. The third kappa shape index (κ3) is 3.25. The summed E-state index contributed by atoms with van der Waals surface area (Å²) in [4.78, 5) is 0. The highest BCUT2D eigenvalue weighted by atomic mass is 16.5. The molecule has 5 atom stereocenters. The van der Waals surface area contributed by atoms with Crippen LogP contribution in [0.5, 0.6) is 5.75 Å². The van der Waals surface area contributed by atoms with Crippen LogP contribution in [0.15, 0.2) is 48.5 Å². The first-order chi connectivity index (χ1) is 14.7. The van der Waals surface area contributed by atoms with E-state index < -0.39 is 5.60 Å². The standard InChI is InChI=1S/C29H38O2/c1-27(2,3)29(30)17-15-26-25-12-10-21-18-22(31-19-20-8-6-5-7-9-20)11-13-23(21)24(25)14-16-28(26,29)4/h5-9,11,13,18,24-26,30H,10,12,14-17,19H2,1-4H3/t24-,25-,26+,28+,29-/m1/s1. The molecule has 1 N–H and O–H groups in total. The van der Waals surface area contributed by atoms with Gasteiger partial charge in [0.05, 0.1) is 5.60 Å². The fourth-order valence-corrected chi connectivity index (χ4v) is 7.64. The molecule has 0 radical (unpaired) electrons. The Morgan fingerprint density at radius 3 is 2.52 bits per heavy atom. The topological polar surface area (TPSA) is 29.5 Å². The molecule has 0 aliphatic heterocycles. The minimum atomic E-state index is -0.551. The molecule has 2 saturated carbocycles. The smallest absolute Gasteiger partial charge is 0.120 e. The first-order valence-corrected chi connectivity index (χ1v) is 12.2. The van der Waals surface area contributed by atoms with Crippen LogP contribution < -0.4 is 4.74 Å². The quantitative estimate of drug-likeness (QED) is 0.587. The van der Waals surface area contributed by atoms with E-state index in [1.807, 2.05) is 6.07 Å². The summed E-state index contributed by atoms with van der Waals surface area (Å²) in [6.07, 6.45) is 6.87. The van der Waals surface area contributed by atoms with Crippen molar-refractivity contribution in [2.45, 2.75) is 84.3 Å². The summed E-state index contributed by atoms with van der Waals surface area (Å²) in [6, 6.07) is 17.2. The predicted molar refractivity (Wildman–Crippen MR) is 126 cm³/mol. The lowest BCUT2D eigenvalue weighted by Crippen LogP contribution is -2.57. The third-order valence-corrected chi connectivity index (χ3v) is 9.34. The number of benzene rings is 2. The average Bonchev–Trinajstić information content (AvgIpc) is 3.04. The Bertz CT molecular complexity index is 943. The number of fused-ring (bicyclic) bond motifs is 5. The van der Waals surface area contributed by atoms with E-state index in [9.17, 15) is 5.11 Å². The fraction of sp³-hybridized carbons (Fsp3) is 0.586. The number of aliphatic hydroxyl groups is 1. The molecule has 2 nitrogen and oxygen atoms in total. The summed E-state index contributed by atoms with van der Waals surface area (Å²) in [7, 11) is 0. The summed E-state index contributed by atoms with van der Waals surface area (Å²) < 4.78 is 6.11. The van der Waals surface area contributed by atoms with Gasteiger partial charge in [0.2, 0.25) is 0 Å². The minimum Gasteiger partial charge on any atom is -0.489 e. The van der Waals surface area contributed by atoms with Crippen LogP contribution in [0.25, 0.3) is 0 Å². The maximum absolute atomic E-state index is 11.8. The summed E-state index contributed by atoms with van der Waals surface area (Å²) in [5.41, 5.74) is 3.67. The second-order valence-corrected chi connectivity index (χ2v) is 11.7. The lowest BCUT2D eigenvalue weighted by molar-refractivity contribution is -0.162. The van der Waals surface area contributed by atoms with Gasteiger partial charge in [0.15, 0.2) is 0 Å². The molecule has 3 aliphatic carbocycles. The monoisotopic (exact) mass is 418 g/mol. The van der Waals surface area contributed by atoms with E-state index in [1.165, 1.54) is 30.4 Å². The second kappa shape index (κ2) is 7.37. The second-order valence-electron chi connectivity index (χ2n) is 11.7. The molecule has 5 rings (SSSR count). The molecule has 0 amide bonds. The van der Waals surface area contributed by atoms with Crippen molar-refractivity contribution in [3.05, 3.63) is 65.2 Å². The van der Waals surface area contributed by atoms with Gasteiger partial charge < -0.3 is 9.84 Å². The Morgan fingerprint density at radius 2 is 1.77 bits per heavy atom. The zero-order chi connectivity index (χ0) is 21.9. The van der Waals surface area contributed by atoms with E-state index in [1.54, 1.807) is 5.56 Å². The van der Waals surface area contributed by atoms with Crippen LogP contribution in [0.4, 0.5) is 0 Å². The normalized spacial score (nSPS) is 34.5. The van der Waals surface area contributed by atoms with Crippen LogP contribution in [0.2, 0.25) is 0 Å². The highest BCUT2D eigenvalue weighted by molar-refractivity contribution is 5.41. The molecule has 166 valence electrons. The molecule has 2 aromatic carbocycles. The maximum Gasteiger partial charge on any atom is 0.120 e. The average molecular weight is 419 g/mol. The maximum atomic E-state index is 11.8. The number of ether oxygens (including phenoxy) is 1. The van der Waals surface area contributed by atoms with Crippen LogP contribution >= 0.6 is 0 Å². The van der Waals surface area contributed by atoms with Gasteiger partial charge in [0.1, 0.15) is 12.4 Å². The van der Waals surface area contributed by atoms with Crippen LogP contribution in [0, 0.1) is 22.7 Å². The van der Waals surface area contributed by atoms with Crippen molar-refractivity contribution in [3.63, 3.8) is 0 Å². The fourth-order valence-electron chi connectivity index (χ4n) is 7.64. The van der Waals surface area contributed by atoms with Gasteiger partial charge in [-0.25, -0.2) is 0 Å². The van der Waals surface area contributed by atoms with Crippen molar-refractivity contribution in [2.75, 3.05) is 0 Å². The molecule has 3 aliphatic rings. The van der Waals surface area contributed by atoms with Crippen molar-refractivity contribution in [3.8, 4) is 5.75 Å². The SMILES string of the molecule is CC(C)(C)[C@]1(O)CC[C@H]2[C@@H]3CCc4cc(OCc5ccccc5)ccc4[C@H]3CC[C@@]21C. The minimum absolute atomic E-state index is 0.0443. The first-order valence-electron chi connectivity index (χ1n) is 12.2. The number of hydrogen-bond acceptors (Lipinski definition) is 2. The van der Waals surface area contributed by atoms with Gasteiger partial charge in [-0.2, -0.15) is 0 Å². The van der Waals surface area contributed by atoms with E-state index in [0.29, 0.717) is 24.4 Å². The number of hydrogen-bond donors (Lipinski definition) is 1. The van der Waals surface area contributed by atoms with Crippen LogP contribution in [0.3, 0.4) is 0 Å². The lowest BCUT2D eigenvalue weighted by atomic mass is 9.50. The van der Waals surface area contributed by atoms with Crippen molar-refractivity contribution < 1.29 is 9.84 Å². The van der Waals surface area contributed by atoms with E-state index in [2.05, 4.69) is 70.2 Å². The van der Waals surface area contributed by atoms with Crippen molar-refractivity contribution in [1.82, 2.24) is 0 Å². The summed E-state index contributed by atoms with van der Waals surface area (Å²) in [5.74, 6) is 2.98. The van der Waals surface area contributed by atoms with E-state index in [0.717, 1.165) is 25.0 Å². The van der Waals surface area contributed by atoms with Gasteiger partial charge in [-0.05, 0) is 95.9 Å². The largest absolute Gasteiger partial charge is 0.489 e. The Balaban J connectivity index is 1.36. The van der Waals surface area contributed by atoms with E-state index >= 15 is 0 Å². The molecule has 0 unspecified atom stereocenters.